The van der Waals surface area contributed by atoms with Crippen molar-refractivity contribution in [3.05, 3.63) is 33.4 Å². The van der Waals surface area contributed by atoms with Crippen LogP contribution in [-0.2, 0) is 17.1 Å². The van der Waals surface area contributed by atoms with Crippen molar-refractivity contribution in [2.24, 2.45) is 10.7 Å². The maximum absolute atomic E-state index is 11.1. The van der Waals surface area contributed by atoms with E-state index in [1.54, 1.807) is 6.07 Å². The summed E-state index contributed by atoms with van der Waals surface area (Å²) >= 11 is 1.39. The molecule has 0 spiro atoms. The van der Waals surface area contributed by atoms with Gasteiger partial charge in [-0.1, -0.05) is 24.6 Å². The smallest absolute Gasteiger partial charge is 0.270 e. The average Bonchev–Trinajstić information content (AvgIpc) is 3.05. The van der Waals surface area contributed by atoms with Gasteiger partial charge in [0.2, 0.25) is 0 Å². The minimum Gasteiger partial charge on any atom is -0.467 e. The van der Waals surface area contributed by atoms with Crippen molar-refractivity contribution in [3.8, 4) is 5.75 Å². The number of fused-ring (bicyclic) bond motifs is 1. The van der Waals surface area contributed by atoms with Gasteiger partial charge in [-0.2, -0.15) is 0 Å². The number of hydrogen-bond donors (Lipinski definition) is 1. The third-order valence-electron chi connectivity index (χ3n) is 3.99. The average molecular weight is 337 g/mol. The van der Waals surface area contributed by atoms with E-state index < -0.39 is 4.92 Å². The molecule has 1 fully saturated rings. The molecule has 0 aromatic heterocycles. The summed E-state index contributed by atoms with van der Waals surface area (Å²) in [4.78, 5) is 15.2. The molecular formula is C15H19N3O4S. The van der Waals surface area contributed by atoms with Crippen molar-refractivity contribution < 1.29 is 14.4 Å². The number of non-ortho nitro benzene ring substituents is 1. The van der Waals surface area contributed by atoms with Crippen molar-refractivity contribution in [3.63, 3.8) is 0 Å². The monoisotopic (exact) mass is 337 g/mol. The molecule has 8 heteroatoms. The Kier molecular flexibility index (Phi) is 5.02. The van der Waals surface area contributed by atoms with Crippen LogP contribution in [0.25, 0.3) is 0 Å². The van der Waals surface area contributed by atoms with E-state index in [2.05, 4.69) is 4.99 Å². The quantitative estimate of drug-likeness (QED) is 0.392. The first kappa shape index (κ1) is 16.1. The molecule has 124 valence electrons. The van der Waals surface area contributed by atoms with E-state index in [1.165, 1.54) is 30.7 Å². The largest absolute Gasteiger partial charge is 0.467 e. The number of ether oxygens (including phenoxy) is 2. The van der Waals surface area contributed by atoms with Crippen LogP contribution in [-0.4, -0.2) is 22.9 Å². The SMILES string of the molecule is NC(=NC1CCCC1)SCc1cc([N+](=O)[O-])cc2c1OCOC2. The summed E-state index contributed by atoms with van der Waals surface area (Å²) in [6, 6.07) is 3.37. The molecule has 23 heavy (non-hydrogen) atoms. The maximum Gasteiger partial charge on any atom is 0.270 e. The minimum atomic E-state index is -0.404. The number of nitrogens with two attached hydrogens (primary N) is 1. The number of nitro groups is 1. The highest BCUT2D eigenvalue weighted by atomic mass is 32.2. The lowest BCUT2D eigenvalue weighted by atomic mass is 10.1. The van der Waals surface area contributed by atoms with E-state index in [0.29, 0.717) is 34.9 Å². The molecule has 2 aliphatic rings. The Hall–Kier alpha value is -1.80. The van der Waals surface area contributed by atoms with E-state index in [4.69, 9.17) is 15.2 Å². The van der Waals surface area contributed by atoms with Crippen molar-refractivity contribution >= 4 is 22.6 Å². The van der Waals surface area contributed by atoms with Gasteiger partial charge in [-0.05, 0) is 12.8 Å². The summed E-state index contributed by atoms with van der Waals surface area (Å²) in [5.41, 5.74) is 7.49. The fraction of sp³-hybridized carbons (Fsp3) is 0.533. The fourth-order valence-corrected chi connectivity index (χ4v) is 3.64. The lowest BCUT2D eigenvalue weighted by Gasteiger charge is -2.20. The highest BCUT2D eigenvalue weighted by molar-refractivity contribution is 8.13. The molecule has 1 saturated carbocycles. The number of nitrogens with zero attached hydrogens (tertiary/aromatic N) is 2. The van der Waals surface area contributed by atoms with Crippen LogP contribution in [0.1, 0.15) is 36.8 Å². The molecule has 0 atom stereocenters. The Morgan fingerprint density at radius 3 is 2.96 bits per heavy atom. The number of benzene rings is 1. The second-order valence-corrected chi connectivity index (χ2v) is 6.65. The Morgan fingerprint density at radius 2 is 2.22 bits per heavy atom. The standard InChI is InChI=1S/C15H19N3O4S/c16-15(17-12-3-1-2-4-12)23-8-11-6-13(18(19)20)5-10-7-21-9-22-14(10)11/h5-6,12H,1-4,7-9H2,(H2,16,17). The molecule has 0 bridgehead atoms. The van der Waals surface area contributed by atoms with Gasteiger partial charge < -0.3 is 15.2 Å². The lowest BCUT2D eigenvalue weighted by molar-refractivity contribution is -0.385. The van der Waals surface area contributed by atoms with Crippen LogP contribution >= 0.6 is 11.8 Å². The van der Waals surface area contributed by atoms with E-state index in [9.17, 15) is 10.1 Å². The van der Waals surface area contributed by atoms with Gasteiger partial charge in [0.15, 0.2) is 12.0 Å². The van der Waals surface area contributed by atoms with Crippen molar-refractivity contribution in [1.29, 1.82) is 0 Å². The summed E-state index contributed by atoms with van der Waals surface area (Å²) in [5, 5.41) is 11.6. The lowest BCUT2D eigenvalue weighted by Crippen LogP contribution is -2.15. The number of hydrogen-bond acceptors (Lipinski definition) is 6. The van der Waals surface area contributed by atoms with Crippen LogP contribution in [0.15, 0.2) is 17.1 Å². The van der Waals surface area contributed by atoms with Crippen molar-refractivity contribution in [1.82, 2.24) is 0 Å². The second-order valence-electron chi connectivity index (χ2n) is 5.66. The van der Waals surface area contributed by atoms with E-state index in [-0.39, 0.29) is 12.5 Å². The van der Waals surface area contributed by atoms with Crippen molar-refractivity contribution in [2.75, 3.05) is 6.79 Å². The van der Waals surface area contributed by atoms with Crippen LogP contribution in [0.5, 0.6) is 5.75 Å². The zero-order valence-electron chi connectivity index (χ0n) is 12.7. The van der Waals surface area contributed by atoms with E-state index in [0.717, 1.165) is 18.4 Å². The summed E-state index contributed by atoms with van der Waals surface area (Å²) < 4.78 is 10.7. The van der Waals surface area contributed by atoms with E-state index >= 15 is 0 Å². The summed E-state index contributed by atoms with van der Waals surface area (Å²) in [6.07, 6.45) is 4.60. The molecule has 7 nitrogen and oxygen atoms in total. The van der Waals surface area contributed by atoms with Crippen LogP contribution in [0.4, 0.5) is 5.69 Å². The highest BCUT2D eigenvalue weighted by Gasteiger charge is 2.21. The third-order valence-corrected chi connectivity index (χ3v) is 4.85. The maximum atomic E-state index is 11.1. The summed E-state index contributed by atoms with van der Waals surface area (Å²) in [5.74, 6) is 1.16. The number of amidine groups is 1. The fourth-order valence-electron chi connectivity index (χ4n) is 2.90. The predicted molar refractivity (Wildman–Crippen MR) is 88.6 cm³/mol. The Labute approximate surface area is 138 Å². The number of nitro benzene ring substituents is 1. The van der Waals surface area contributed by atoms with Gasteiger partial charge in [0.05, 0.1) is 17.6 Å². The minimum absolute atomic E-state index is 0.0414. The molecule has 1 aliphatic heterocycles. The summed E-state index contributed by atoms with van der Waals surface area (Å²) in [6.45, 7) is 0.481. The summed E-state index contributed by atoms with van der Waals surface area (Å²) in [7, 11) is 0. The first-order chi connectivity index (χ1) is 11.1. The first-order valence-corrected chi connectivity index (χ1v) is 8.59. The normalized spacial score (nSPS) is 18.5. The topological polar surface area (TPSA) is 100.0 Å². The zero-order chi connectivity index (χ0) is 16.2. The van der Waals surface area contributed by atoms with Crippen molar-refractivity contribution in [2.45, 2.75) is 44.1 Å². The zero-order valence-corrected chi connectivity index (χ0v) is 13.5. The van der Waals surface area contributed by atoms with Gasteiger partial charge in [-0.25, -0.2) is 0 Å². The van der Waals surface area contributed by atoms with Gasteiger partial charge in [0.1, 0.15) is 5.75 Å². The second kappa shape index (κ2) is 7.18. The molecule has 1 heterocycles. The van der Waals surface area contributed by atoms with Gasteiger partial charge in [0, 0.05) is 29.0 Å². The molecule has 1 aromatic carbocycles. The molecule has 0 unspecified atom stereocenters. The predicted octanol–water partition coefficient (Wildman–Crippen LogP) is 2.95. The Bertz CT molecular complexity index is 629. The van der Waals surface area contributed by atoms with Crippen LogP contribution < -0.4 is 10.5 Å². The molecule has 0 radical (unpaired) electrons. The molecule has 2 N–H and O–H groups in total. The molecular weight excluding hydrogens is 318 g/mol. The van der Waals surface area contributed by atoms with Gasteiger partial charge >= 0.3 is 0 Å². The number of aliphatic imine (C=N–C) groups is 1. The molecule has 3 rings (SSSR count). The molecule has 0 saturated heterocycles. The van der Waals surface area contributed by atoms with Crippen LogP contribution in [0.3, 0.4) is 0 Å². The first-order valence-electron chi connectivity index (χ1n) is 7.60. The Morgan fingerprint density at radius 1 is 1.43 bits per heavy atom. The number of thioether (sulfide) groups is 1. The van der Waals surface area contributed by atoms with Crippen LogP contribution in [0.2, 0.25) is 0 Å². The molecule has 1 aromatic rings. The van der Waals surface area contributed by atoms with Gasteiger partial charge in [0.25, 0.3) is 5.69 Å². The van der Waals surface area contributed by atoms with Gasteiger partial charge in [-0.15, -0.1) is 0 Å². The number of rotatable bonds is 4. The Balaban J connectivity index is 1.75. The third kappa shape index (κ3) is 3.94. The van der Waals surface area contributed by atoms with Gasteiger partial charge in [-0.3, -0.25) is 15.1 Å². The van der Waals surface area contributed by atoms with Crippen LogP contribution in [0, 0.1) is 10.1 Å². The molecule has 1 aliphatic carbocycles. The van der Waals surface area contributed by atoms with E-state index in [1.807, 2.05) is 0 Å². The highest BCUT2D eigenvalue weighted by Crippen LogP contribution is 2.35. The molecule has 0 amide bonds.